The quantitative estimate of drug-likeness (QED) is 0.765. The molecule has 1 N–H and O–H groups in total. The second kappa shape index (κ2) is 3.69. The molecule has 0 aliphatic carbocycles. The second-order valence-electron chi connectivity index (χ2n) is 3.61. The number of aromatic nitrogens is 2. The van der Waals surface area contributed by atoms with Crippen LogP contribution in [0.4, 0.5) is 0 Å². The highest BCUT2D eigenvalue weighted by Gasteiger charge is 2.00. The summed E-state index contributed by atoms with van der Waals surface area (Å²) in [7, 11) is 0. The van der Waals surface area contributed by atoms with Gasteiger partial charge in [0.1, 0.15) is 0 Å². The number of benzene rings is 1. The van der Waals surface area contributed by atoms with Gasteiger partial charge < -0.3 is 4.98 Å². The minimum atomic E-state index is -0.175. The van der Waals surface area contributed by atoms with Gasteiger partial charge in [-0.15, -0.1) is 0 Å². The van der Waals surface area contributed by atoms with Gasteiger partial charge in [0.2, 0.25) is 0 Å². The first-order valence-electron chi connectivity index (χ1n) is 4.79. The minimum absolute atomic E-state index is 0.175. The van der Waals surface area contributed by atoms with Crippen LogP contribution in [0, 0.1) is 13.8 Å². The monoisotopic (exact) mass is 200 g/mol. The zero-order valence-corrected chi connectivity index (χ0v) is 8.74. The van der Waals surface area contributed by atoms with Gasteiger partial charge in [-0.05, 0) is 36.6 Å². The third kappa shape index (κ3) is 1.96. The van der Waals surface area contributed by atoms with E-state index in [0.717, 1.165) is 11.3 Å². The summed E-state index contributed by atoms with van der Waals surface area (Å²) in [5, 5.41) is 0. The number of aryl methyl sites for hydroxylation is 2. The number of aromatic amines is 1. The van der Waals surface area contributed by atoms with Crippen LogP contribution >= 0.6 is 0 Å². The third-order valence-electron chi connectivity index (χ3n) is 2.47. The normalized spacial score (nSPS) is 10.3. The first-order valence-corrected chi connectivity index (χ1v) is 4.79. The average Bonchev–Trinajstić information content (AvgIpc) is 2.22. The summed E-state index contributed by atoms with van der Waals surface area (Å²) in [4.78, 5) is 17.7. The van der Waals surface area contributed by atoms with E-state index in [1.807, 2.05) is 25.1 Å². The standard InChI is InChI=1S/C12H12N2O/c1-8-3-4-10(5-9(8)2)11-6-13-7-12(15)14-11/h3-7H,1-2H3,(H,14,15). The molecule has 0 spiro atoms. The van der Waals surface area contributed by atoms with Crippen molar-refractivity contribution in [1.82, 2.24) is 9.97 Å². The van der Waals surface area contributed by atoms with Gasteiger partial charge in [0, 0.05) is 0 Å². The lowest BCUT2D eigenvalue weighted by atomic mass is 10.0. The minimum Gasteiger partial charge on any atom is -0.319 e. The number of hydrogen-bond acceptors (Lipinski definition) is 2. The molecule has 2 aromatic rings. The molecule has 3 heteroatoms. The molecule has 0 fully saturated rings. The topological polar surface area (TPSA) is 45.8 Å². The molecule has 1 aromatic heterocycles. The lowest BCUT2D eigenvalue weighted by Crippen LogP contribution is -2.05. The van der Waals surface area contributed by atoms with Gasteiger partial charge in [-0.2, -0.15) is 0 Å². The van der Waals surface area contributed by atoms with E-state index >= 15 is 0 Å². The van der Waals surface area contributed by atoms with Crippen LogP contribution in [0.3, 0.4) is 0 Å². The van der Waals surface area contributed by atoms with Crippen molar-refractivity contribution in [2.45, 2.75) is 13.8 Å². The van der Waals surface area contributed by atoms with Crippen LogP contribution in [-0.4, -0.2) is 9.97 Å². The van der Waals surface area contributed by atoms with Gasteiger partial charge in [-0.1, -0.05) is 12.1 Å². The maximum Gasteiger partial charge on any atom is 0.266 e. The average molecular weight is 200 g/mol. The summed E-state index contributed by atoms with van der Waals surface area (Å²) < 4.78 is 0. The zero-order valence-electron chi connectivity index (χ0n) is 8.74. The smallest absolute Gasteiger partial charge is 0.266 e. The number of hydrogen-bond donors (Lipinski definition) is 1. The molecule has 0 saturated heterocycles. The van der Waals surface area contributed by atoms with Crippen molar-refractivity contribution in [1.29, 1.82) is 0 Å². The van der Waals surface area contributed by atoms with Crippen molar-refractivity contribution >= 4 is 0 Å². The predicted octanol–water partition coefficient (Wildman–Crippen LogP) is 2.05. The highest BCUT2D eigenvalue weighted by atomic mass is 16.1. The van der Waals surface area contributed by atoms with Crippen molar-refractivity contribution in [3.63, 3.8) is 0 Å². The van der Waals surface area contributed by atoms with Crippen LogP contribution < -0.4 is 5.56 Å². The van der Waals surface area contributed by atoms with Crippen LogP contribution in [0.1, 0.15) is 11.1 Å². The maximum absolute atomic E-state index is 11.1. The first-order chi connectivity index (χ1) is 7.16. The highest BCUT2D eigenvalue weighted by molar-refractivity contribution is 5.59. The van der Waals surface area contributed by atoms with Crippen molar-refractivity contribution in [3.8, 4) is 11.3 Å². The highest BCUT2D eigenvalue weighted by Crippen LogP contribution is 2.18. The molecular formula is C12H12N2O. The Bertz CT molecular complexity index is 543. The van der Waals surface area contributed by atoms with Crippen LogP contribution in [0.15, 0.2) is 35.4 Å². The number of rotatable bonds is 1. The van der Waals surface area contributed by atoms with E-state index in [4.69, 9.17) is 0 Å². The van der Waals surface area contributed by atoms with Crippen molar-refractivity contribution in [2.24, 2.45) is 0 Å². The molecule has 3 nitrogen and oxygen atoms in total. The van der Waals surface area contributed by atoms with E-state index in [0.29, 0.717) is 0 Å². The molecule has 0 amide bonds. The number of nitrogens with one attached hydrogen (secondary N) is 1. The van der Waals surface area contributed by atoms with Crippen molar-refractivity contribution < 1.29 is 0 Å². The van der Waals surface area contributed by atoms with E-state index in [1.54, 1.807) is 6.20 Å². The Morgan fingerprint density at radius 2 is 1.93 bits per heavy atom. The van der Waals surface area contributed by atoms with E-state index in [-0.39, 0.29) is 5.56 Å². The number of nitrogens with zero attached hydrogens (tertiary/aromatic N) is 1. The summed E-state index contributed by atoms with van der Waals surface area (Å²) in [5.74, 6) is 0. The van der Waals surface area contributed by atoms with Gasteiger partial charge in [-0.3, -0.25) is 9.78 Å². The second-order valence-corrected chi connectivity index (χ2v) is 3.61. The summed E-state index contributed by atoms with van der Waals surface area (Å²) >= 11 is 0. The summed E-state index contributed by atoms with van der Waals surface area (Å²) in [5.41, 5.74) is 4.02. The molecule has 76 valence electrons. The summed E-state index contributed by atoms with van der Waals surface area (Å²) in [6.45, 7) is 4.11. The Kier molecular flexibility index (Phi) is 2.37. The molecule has 0 atom stereocenters. The third-order valence-corrected chi connectivity index (χ3v) is 2.47. The van der Waals surface area contributed by atoms with Crippen LogP contribution in [0.25, 0.3) is 11.3 Å². The SMILES string of the molecule is Cc1ccc(-c2cncc(=O)[nH]2)cc1C. The molecule has 0 aliphatic rings. The zero-order chi connectivity index (χ0) is 10.8. The number of H-pyrrole nitrogens is 1. The molecule has 1 heterocycles. The fourth-order valence-corrected chi connectivity index (χ4v) is 1.43. The first kappa shape index (κ1) is 9.65. The largest absolute Gasteiger partial charge is 0.319 e. The Balaban J connectivity index is 2.55. The molecule has 0 bridgehead atoms. The molecule has 0 aliphatic heterocycles. The van der Waals surface area contributed by atoms with Crippen LogP contribution in [0.5, 0.6) is 0 Å². The lowest BCUT2D eigenvalue weighted by molar-refractivity contribution is 1.14. The van der Waals surface area contributed by atoms with Gasteiger partial charge in [0.25, 0.3) is 5.56 Å². The predicted molar refractivity (Wildman–Crippen MR) is 59.8 cm³/mol. The molecule has 0 radical (unpaired) electrons. The summed E-state index contributed by atoms with van der Waals surface area (Å²) in [6, 6.07) is 6.06. The Hall–Kier alpha value is -1.90. The van der Waals surface area contributed by atoms with Gasteiger partial charge in [-0.25, -0.2) is 0 Å². The lowest BCUT2D eigenvalue weighted by Gasteiger charge is -2.04. The van der Waals surface area contributed by atoms with Gasteiger partial charge in [0.05, 0.1) is 18.1 Å². The maximum atomic E-state index is 11.1. The van der Waals surface area contributed by atoms with Crippen LogP contribution in [0.2, 0.25) is 0 Å². The molecule has 2 rings (SSSR count). The van der Waals surface area contributed by atoms with E-state index in [9.17, 15) is 4.79 Å². The van der Waals surface area contributed by atoms with Gasteiger partial charge in [0.15, 0.2) is 0 Å². The van der Waals surface area contributed by atoms with Gasteiger partial charge >= 0.3 is 0 Å². The molecule has 0 saturated carbocycles. The Labute approximate surface area is 87.8 Å². The molecule has 0 unspecified atom stereocenters. The molecule has 1 aromatic carbocycles. The fraction of sp³-hybridized carbons (Fsp3) is 0.167. The van der Waals surface area contributed by atoms with E-state index in [1.165, 1.54) is 17.3 Å². The molecular weight excluding hydrogens is 188 g/mol. The Morgan fingerprint density at radius 1 is 1.13 bits per heavy atom. The Morgan fingerprint density at radius 3 is 2.60 bits per heavy atom. The van der Waals surface area contributed by atoms with Crippen molar-refractivity contribution in [2.75, 3.05) is 0 Å². The molecule has 15 heavy (non-hydrogen) atoms. The van der Waals surface area contributed by atoms with E-state index in [2.05, 4.69) is 16.9 Å². The summed E-state index contributed by atoms with van der Waals surface area (Å²) in [6.07, 6.45) is 2.93. The van der Waals surface area contributed by atoms with Crippen LogP contribution in [-0.2, 0) is 0 Å². The van der Waals surface area contributed by atoms with Crippen molar-refractivity contribution in [3.05, 3.63) is 52.1 Å². The fourth-order valence-electron chi connectivity index (χ4n) is 1.43. The van der Waals surface area contributed by atoms with E-state index < -0.39 is 0 Å².